The van der Waals surface area contributed by atoms with Crippen molar-refractivity contribution in [1.29, 1.82) is 0 Å². The molecule has 1 atom stereocenters. The molecular formula is C19H32N4O3S. The van der Waals surface area contributed by atoms with Crippen molar-refractivity contribution in [3.8, 4) is 0 Å². The first-order chi connectivity index (χ1) is 13.0. The normalized spacial score (nSPS) is 16.3. The largest absolute Gasteiger partial charge is 0.360 e. The molecule has 2 rings (SSSR count). The number of amides is 2. The molecule has 0 radical (unpaired) electrons. The van der Waals surface area contributed by atoms with E-state index >= 15 is 0 Å². The van der Waals surface area contributed by atoms with E-state index in [1.807, 2.05) is 0 Å². The van der Waals surface area contributed by atoms with Crippen molar-refractivity contribution < 1.29 is 14.1 Å². The molecule has 1 aliphatic rings. The standard InChI is InChI=1S/C19H32N4O3S/c1-14-12-17(22-26-14)21-19(25)15(2)27-13-18(24)20-10-7-11-23(3)16-8-5-4-6-9-16/h12,15-16H,4-11,13H2,1-3H3,(H,20,24)(H,21,22,25). The summed E-state index contributed by atoms with van der Waals surface area (Å²) in [6, 6.07) is 2.37. The number of nitrogens with zero attached hydrogens (tertiary/aromatic N) is 2. The summed E-state index contributed by atoms with van der Waals surface area (Å²) in [5.41, 5.74) is 0. The summed E-state index contributed by atoms with van der Waals surface area (Å²) in [4.78, 5) is 26.5. The van der Waals surface area contributed by atoms with E-state index in [-0.39, 0.29) is 22.8 Å². The van der Waals surface area contributed by atoms with Crippen LogP contribution >= 0.6 is 11.8 Å². The number of hydrogen-bond acceptors (Lipinski definition) is 6. The molecule has 1 unspecified atom stereocenters. The summed E-state index contributed by atoms with van der Waals surface area (Å²) in [6.07, 6.45) is 7.59. The first kappa shape index (κ1) is 21.8. The van der Waals surface area contributed by atoms with Crippen LogP contribution in [0.1, 0.15) is 51.2 Å². The van der Waals surface area contributed by atoms with Gasteiger partial charge in [-0.1, -0.05) is 24.4 Å². The van der Waals surface area contributed by atoms with Gasteiger partial charge in [0.25, 0.3) is 0 Å². The molecular weight excluding hydrogens is 364 g/mol. The van der Waals surface area contributed by atoms with Gasteiger partial charge in [0.05, 0.1) is 11.0 Å². The maximum absolute atomic E-state index is 12.1. The number of hydrogen-bond donors (Lipinski definition) is 2. The Hall–Kier alpha value is -1.54. The summed E-state index contributed by atoms with van der Waals surface area (Å²) in [7, 11) is 2.18. The third-order valence-corrected chi connectivity index (χ3v) is 6.06. The Balaban J connectivity index is 1.55. The predicted molar refractivity (Wildman–Crippen MR) is 109 cm³/mol. The van der Waals surface area contributed by atoms with Gasteiger partial charge in [0.15, 0.2) is 5.82 Å². The van der Waals surface area contributed by atoms with E-state index in [2.05, 4.69) is 27.7 Å². The molecule has 1 fully saturated rings. The second-order valence-electron chi connectivity index (χ2n) is 7.24. The van der Waals surface area contributed by atoms with E-state index in [0.717, 1.165) is 13.0 Å². The minimum atomic E-state index is -0.342. The molecule has 0 aromatic carbocycles. The molecule has 1 aromatic heterocycles. The molecule has 8 heteroatoms. The molecule has 0 spiro atoms. The predicted octanol–water partition coefficient (Wildman–Crippen LogP) is 2.81. The lowest BCUT2D eigenvalue weighted by Crippen LogP contribution is -2.36. The number of nitrogens with one attached hydrogen (secondary N) is 2. The summed E-state index contributed by atoms with van der Waals surface area (Å²) in [6.45, 7) is 5.22. The van der Waals surface area contributed by atoms with Crippen molar-refractivity contribution in [2.24, 2.45) is 0 Å². The van der Waals surface area contributed by atoms with Crippen molar-refractivity contribution in [3.63, 3.8) is 0 Å². The Morgan fingerprint density at radius 3 is 2.78 bits per heavy atom. The fourth-order valence-electron chi connectivity index (χ4n) is 3.24. The molecule has 1 aromatic rings. The van der Waals surface area contributed by atoms with Crippen molar-refractivity contribution in [1.82, 2.24) is 15.4 Å². The summed E-state index contributed by atoms with van der Waals surface area (Å²) >= 11 is 1.31. The van der Waals surface area contributed by atoms with Crippen LogP contribution in [-0.2, 0) is 9.59 Å². The van der Waals surface area contributed by atoms with E-state index in [1.54, 1.807) is 19.9 Å². The number of rotatable bonds is 10. The monoisotopic (exact) mass is 396 g/mol. The highest BCUT2D eigenvalue weighted by Crippen LogP contribution is 2.21. The SMILES string of the molecule is Cc1cc(NC(=O)C(C)SCC(=O)NCCCN(C)C2CCCCC2)no1. The van der Waals surface area contributed by atoms with Gasteiger partial charge < -0.3 is 20.1 Å². The maximum Gasteiger partial charge on any atom is 0.238 e. The maximum atomic E-state index is 12.1. The van der Waals surface area contributed by atoms with Gasteiger partial charge >= 0.3 is 0 Å². The van der Waals surface area contributed by atoms with E-state index in [0.29, 0.717) is 24.2 Å². The van der Waals surface area contributed by atoms with E-state index < -0.39 is 0 Å². The molecule has 1 aliphatic carbocycles. The highest BCUT2D eigenvalue weighted by atomic mass is 32.2. The van der Waals surface area contributed by atoms with Crippen LogP contribution in [0.3, 0.4) is 0 Å². The van der Waals surface area contributed by atoms with Crippen LogP contribution in [-0.4, -0.2) is 59.1 Å². The Kier molecular flexibility index (Phi) is 9.14. The Morgan fingerprint density at radius 2 is 2.11 bits per heavy atom. The van der Waals surface area contributed by atoms with E-state index in [4.69, 9.17) is 4.52 Å². The Bertz CT molecular complexity index is 602. The minimum absolute atomic E-state index is 0.0303. The van der Waals surface area contributed by atoms with Crippen LogP contribution in [0, 0.1) is 6.92 Å². The zero-order valence-electron chi connectivity index (χ0n) is 16.6. The molecule has 2 N–H and O–H groups in total. The first-order valence-corrected chi connectivity index (χ1v) is 10.8. The first-order valence-electron chi connectivity index (χ1n) is 9.78. The number of thioether (sulfide) groups is 1. The topological polar surface area (TPSA) is 87.5 Å². The van der Waals surface area contributed by atoms with Crippen LogP contribution in [0.2, 0.25) is 0 Å². The molecule has 152 valence electrons. The van der Waals surface area contributed by atoms with E-state index in [1.165, 1.54) is 43.9 Å². The minimum Gasteiger partial charge on any atom is -0.360 e. The highest BCUT2D eigenvalue weighted by Gasteiger charge is 2.18. The summed E-state index contributed by atoms with van der Waals surface area (Å²) in [5, 5.41) is 9.01. The fourth-order valence-corrected chi connectivity index (χ4v) is 3.95. The van der Waals surface area contributed by atoms with Crippen molar-refractivity contribution in [2.75, 3.05) is 31.2 Å². The molecule has 7 nitrogen and oxygen atoms in total. The number of aryl methyl sites for hydroxylation is 1. The Labute approximate surface area is 166 Å². The second-order valence-corrected chi connectivity index (χ2v) is 8.57. The van der Waals surface area contributed by atoms with Gasteiger partial charge in [-0.2, -0.15) is 0 Å². The van der Waals surface area contributed by atoms with Crippen molar-refractivity contribution in [2.45, 2.75) is 63.7 Å². The zero-order valence-corrected chi connectivity index (χ0v) is 17.4. The summed E-state index contributed by atoms with van der Waals surface area (Å²) < 4.78 is 4.91. The average molecular weight is 397 g/mol. The van der Waals surface area contributed by atoms with Gasteiger partial charge in [-0.3, -0.25) is 9.59 Å². The van der Waals surface area contributed by atoms with Crippen LogP contribution in [0.5, 0.6) is 0 Å². The van der Waals surface area contributed by atoms with Crippen LogP contribution in [0.25, 0.3) is 0 Å². The van der Waals surface area contributed by atoms with Crippen LogP contribution < -0.4 is 10.6 Å². The molecule has 0 bridgehead atoms. The van der Waals surface area contributed by atoms with Crippen LogP contribution in [0.15, 0.2) is 10.6 Å². The van der Waals surface area contributed by atoms with E-state index in [9.17, 15) is 9.59 Å². The third-order valence-electron chi connectivity index (χ3n) is 4.92. The molecule has 27 heavy (non-hydrogen) atoms. The number of anilines is 1. The fraction of sp³-hybridized carbons (Fsp3) is 0.737. The van der Waals surface area contributed by atoms with Gasteiger partial charge in [0.1, 0.15) is 5.76 Å². The average Bonchev–Trinajstić information content (AvgIpc) is 3.08. The van der Waals surface area contributed by atoms with Gasteiger partial charge in [-0.05, 0) is 46.7 Å². The van der Waals surface area contributed by atoms with Gasteiger partial charge in [-0.15, -0.1) is 11.8 Å². The van der Waals surface area contributed by atoms with Crippen molar-refractivity contribution in [3.05, 3.63) is 11.8 Å². The molecule has 0 aliphatic heterocycles. The lowest BCUT2D eigenvalue weighted by Gasteiger charge is -2.31. The molecule has 2 amide bonds. The smallest absolute Gasteiger partial charge is 0.238 e. The van der Waals surface area contributed by atoms with Gasteiger partial charge in [0, 0.05) is 18.7 Å². The molecule has 1 saturated carbocycles. The number of carbonyl (C=O) groups is 2. The summed E-state index contributed by atoms with van der Waals surface area (Å²) in [5.74, 6) is 1.09. The quantitative estimate of drug-likeness (QED) is 0.591. The van der Waals surface area contributed by atoms with Gasteiger partial charge in [-0.25, -0.2) is 0 Å². The molecule has 0 saturated heterocycles. The number of carbonyl (C=O) groups excluding carboxylic acids is 2. The molecule has 1 heterocycles. The second kappa shape index (κ2) is 11.3. The van der Waals surface area contributed by atoms with Crippen molar-refractivity contribution >= 4 is 29.4 Å². The van der Waals surface area contributed by atoms with Crippen LogP contribution in [0.4, 0.5) is 5.82 Å². The Morgan fingerprint density at radius 1 is 1.37 bits per heavy atom. The lowest BCUT2D eigenvalue weighted by atomic mass is 9.94. The van der Waals surface area contributed by atoms with Gasteiger partial charge in [0.2, 0.25) is 11.8 Å². The third kappa shape index (κ3) is 7.92. The zero-order chi connectivity index (χ0) is 19.6. The lowest BCUT2D eigenvalue weighted by molar-refractivity contribution is -0.118. The number of aromatic nitrogens is 1. The highest BCUT2D eigenvalue weighted by molar-refractivity contribution is 8.01.